The molecular weight excluding hydrogens is 232 g/mol. The van der Waals surface area contributed by atoms with Gasteiger partial charge >= 0.3 is 0 Å². The fraction of sp³-hybridized carbons (Fsp3) is 0.0833. The lowest BCUT2D eigenvalue weighted by atomic mass is 10.2. The summed E-state index contributed by atoms with van der Waals surface area (Å²) in [6, 6.07) is 10.0. The topological polar surface area (TPSA) is 54.5 Å². The predicted octanol–water partition coefficient (Wildman–Crippen LogP) is 2.90. The van der Waals surface area contributed by atoms with Gasteiger partial charge in [-0.2, -0.15) is 0 Å². The molecule has 1 aromatic carbocycles. The highest BCUT2D eigenvalue weighted by molar-refractivity contribution is 7.17. The molecule has 2 heterocycles. The summed E-state index contributed by atoms with van der Waals surface area (Å²) >= 11 is 1.56. The van der Waals surface area contributed by atoms with Gasteiger partial charge in [0.2, 0.25) is 0 Å². The fourth-order valence-electron chi connectivity index (χ4n) is 1.56. The summed E-state index contributed by atoms with van der Waals surface area (Å²) < 4.78 is 0. The Hall–Kier alpha value is -2.01. The van der Waals surface area contributed by atoms with Crippen LogP contribution in [0.1, 0.15) is 5.82 Å². The van der Waals surface area contributed by atoms with Crippen molar-refractivity contribution < 1.29 is 0 Å². The second-order valence-electron chi connectivity index (χ2n) is 3.66. The highest BCUT2D eigenvalue weighted by Gasteiger charge is 2.09. The van der Waals surface area contributed by atoms with Gasteiger partial charge in [0.15, 0.2) is 5.01 Å². The molecule has 0 unspecified atom stereocenters. The van der Waals surface area contributed by atoms with Gasteiger partial charge in [-0.15, -0.1) is 10.2 Å². The zero-order valence-electron chi connectivity index (χ0n) is 9.21. The number of aryl methyl sites for hydroxylation is 1. The minimum atomic E-state index is 0.865. The quantitative estimate of drug-likeness (QED) is 0.751. The zero-order chi connectivity index (χ0) is 11.7. The van der Waals surface area contributed by atoms with Crippen molar-refractivity contribution in [2.24, 2.45) is 0 Å². The molecule has 0 saturated carbocycles. The molecule has 2 aromatic heterocycles. The van der Waals surface area contributed by atoms with Crippen LogP contribution in [-0.4, -0.2) is 20.2 Å². The number of hydrogen-bond donors (Lipinski definition) is 1. The number of rotatable bonds is 2. The average Bonchev–Trinajstić information content (AvgIpc) is 2.98. The van der Waals surface area contributed by atoms with Crippen molar-refractivity contribution in [2.75, 3.05) is 0 Å². The third-order valence-corrected chi connectivity index (χ3v) is 3.38. The van der Waals surface area contributed by atoms with Crippen LogP contribution in [-0.2, 0) is 0 Å². The van der Waals surface area contributed by atoms with E-state index in [-0.39, 0.29) is 0 Å². The van der Waals surface area contributed by atoms with Crippen LogP contribution in [0.3, 0.4) is 0 Å². The smallest absolute Gasteiger partial charge is 0.166 e. The maximum absolute atomic E-state index is 4.19. The van der Waals surface area contributed by atoms with Crippen LogP contribution in [0.25, 0.3) is 21.3 Å². The van der Waals surface area contributed by atoms with Gasteiger partial charge in [0.1, 0.15) is 10.8 Å². The normalized spacial score (nSPS) is 10.6. The minimum absolute atomic E-state index is 0.865. The summed E-state index contributed by atoms with van der Waals surface area (Å²) in [6.07, 6.45) is 1.78. The van der Waals surface area contributed by atoms with Gasteiger partial charge in [-0.1, -0.05) is 41.7 Å². The van der Waals surface area contributed by atoms with Gasteiger partial charge in [0.05, 0.1) is 11.9 Å². The third-order valence-electron chi connectivity index (χ3n) is 2.38. The maximum atomic E-state index is 4.19. The molecular formula is C12H10N4S. The molecule has 0 atom stereocenters. The van der Waals surface area contributed by atoms with Crippen molar-refractivity contribution in [1.29, 1.82) is 0 Å². The first-order valence-corrected chi connectivity index (χ1v) is 6.05. The van der Waals surface area contributed by atoms with Crippen molar-refractivity contribution in [3.8, 4) is 21.3 Å². The summed E-state index contributed by atoms with van der Waals surface area (Å²) in [6.45, 7) is 1.92. The van der Waals surface area contributed by atoms with Gasteiger partial charge in [0, 0.05) is 5.56 Å². The van der Waals surface area contributed by atoms with E-state index in [0.717, 1.165) is 27.1 Å². The Labute approximate surface area is 102 Å². The first-order valence-electron chi connectivity index (χ1n) is 5.24. The van der Waals surface area contributed by atoms with Crippen molar-refractivity contribution in [3.05, 3.63) is 42.4 Å². The average molecular weight is 242 g/mol. The van der Waals surface area contributed by atoms with Crippen LogP contribution >= 0.6 is 11.3 Å². The van der Waals surface area contributed by atoms with Crippen LogP contribution < -0.4 is 0 Å². The van der Waals surface area contributed by atoms with Gasteiger partial charge in [0.25, 0.3) is 0 Å². The van der Waals surface area contributed by atoms with Gasteiger partial charge in [-0.05, 0) is 6.92 Å². The molecule has 84 valence electrons. The Morgan fingerprint density at radius 1 is 1.06 bits per heavy atom. The van der Waals surface area contributed by atoms with E-state index in [1.54, 1.807) is 17.5 Å². The number of H-pyrrole nitrogens is 1. The van der Waals surface area contributed by atoms with Crippen molar-refractivity contribution in [2.45, 2.75) is 6.92 Å². The summed E-state index contributed by atoms with van der Waals surface area (Å²) in [5.41, 5.74) is 2.01. The Kier molecular flexibility index (Phi) is 2.45. The molecule has 0 bridgehead atoms. The molecule has 4 nitrogen and oxygen atoms in total. The summed E-state index contributed by atoms with van der Waals surface area (Å²) in [7, 11) is 0. The summed E-state index contributed by atoms with van der Waals surface area (Å²) in [4.78, 5) is 7.31. The molecule has 0 spiro atoms. The molecule has 0 radical (unpaired) electrons. The largest absolute Gasteiger partial charge is 0.340 e. The van der Waals surface area contributed by atoms with Crippen molar-refractivity contribution in [1.82, 2.24) is 20.2 Å². The molecule has 3 aromatic rings. The molecule has 3 rings (SSSR count). The van der Waals surface area contributed by atoms with Crippen LogP contribution in [0.5, 0.6) is 0 Å². The van der Waals surface area contributed by atoms with Crippen LogP contribution in [0.4, 0.5) is 0 Å². The second-order valence-corrected chi connectivity index (χ2v) is 4.64. The third kappa shape index (κ3) is 1.97. The van der Waals surface area contributed by atoms with E-state index in [0.29, 0.717) is 0 Å². The van der Waals surface area contributed by atoms with Crippen molar-refractivity contribution >= 4 is 11.3 Å². The Balaban J connectivity index is 1.99. The van der Waals surface area contributed by atoms with E-state index in [9.17, 15) is 0 Å². The predicted molar refractivity (Wildman–Crippen MR) is 67.7 cm³/mol. The monoisotopic (exact) mass is 242 g/mol. The Morgan fingerprint density at radius 2 is 1.82 bits per heavy atom. The van der Waals surface area contributed by atoms with E-state index in [1.165, 1.54) is 0 Å². The first-order chi connectivity index (χ1) is 8.33. The molecule has 1 N–H and O–H groups in total. The number of aromatic amines is 1. The molecule has 0 aliphatic heterocycles. The molecule has 0 fully saturated rings. The van der Waals surface area contributed by atoms with Crippen LogP contribution in [0, 0.1) is 6.92 Å². The van der Waals surface area contributed by atoms with E-state index >= 15 is 0 Å². The highest BCUT2D eigenvalue weighted by Crippen LogP contribution is 2.28. The number of nitrogens with zero attached hydrogens (tertiary/aromatic N) is 3. The Bertz CT molecular complexity index is 627. The number of aromatic nitrogens is 4. The van der Waals surface area contributed by atoms with Gasteiger partial charge < -0.3 is 4.98 Å². The molecule has 0 amide bonds. The SMILES string of the molecule is Cc1ncc(-c2nnc(-c3ccccc3)s2)[nH]1. The fourth-order valence-corrected chi connectivity index (χ4v) is 2.37. The summed E-state index contributed by atoms with van der Waals surface area (Å²) in [5.74, 6) is 0.886. The Morgan fingerprint density at radius 3 is 2.53 bits per heavy atom. The highest BCUT2D eigenvalue weighted by atomic mass is 32.1. The van der Waals surface area contributed by atoms with Crippen LogP contribution in [0.15, 0.2) is 36.5 Å². The number of imidazole rings is 1. The molecule has 17 heavy (non-hydrogen) atoms. The first kappa shape index (κ1) is 10.2. The van der Waals surface area contributed by atoms with Crippen LogP contribution in [0.2, 0.25) is 0 Å². The molecule has 5 heteroatoms. The standard InChI is InChI=1S/C12H10N4S/c1-8-13-7-10(14-8)12-16-15-11(17-12)9-5-3-2-4-6-9/h2-7H,1H3,(H,13,14). The minimum Gasteiger partial charge on any atom is -0.340 e. The lowest BCUT2D eigenvalue weighted by Crippen LogP contribution is -1.77. The van der Waals surface area contributed by atoms with Gasteiger partial charge in [-0.25, -0.2) is 4.98 Å². The molecule has 0 aliphatic rings. The van der Waals surface area contributed by atoms with E-state index < -0.39 is 0 Å². The second kappa shape index (κ2) is 4.10. The van der Waals surface area contributed by atoms with E-state index in [4.69, 9.17) is 0 Å². The summed E-state index contributed by atoms with van der Waals surface area (Å²) in [5, 5.41) is 10.2. The number of hydrogen-bond acceptors (Lipinski definition) is 4. The zero-order valence-corrected chi connectivity index (χ0v) is 10.0. The van der Waals surface area contributed by atoms with E-state index in [2.05, 4.69) is 20.2 Å². The molecule has 0 saturated heterocycles. The maximum Gasteiger partial charge on any atom is 0.166 e. The van der Waals surface area contributed by atoms with Crippen molar-refractivity contribution in [3.63, 3.8) is 0 Å². The lowest BCUT2D eigenvalue weighted by Gasteiger charge is -1.91. The van der Waals surface area contributed by atoms with E-state index in [1.807, 2.05) is 37.3 Å². The van der Waals surface area contributed by atoms with Gasteiger partial charge in [-0.3, -0.25) is 0 Å². The number of benzene rings is 1. The lowest BCUT2D eigenvalue weighted by molar-refractivity contribution is 1.09. The molecule has 0 aliphatic carbocycles. The number of nitrogens with one attached hydrogen (secondary N) is 1.